The molecule has 2 aliphatic rings. The molecule has 0 radical (unpaired) electrons. The van der Waals surface area contributed by atoms with E-state index in [1.807, 2.05) is 24.3 Å². The molecule has 22 heavy (non-hydrogen) atoms. The number of nitrogens with one attached hydrogen (secondary N) is 1. The van der Waals surface area contributed by atoms with Gasteiger partial charge in [-0.25, -0.2) is 0 Å². The van der Waals surface area contributed by atoms with E-state index >= 15 is 0 Å². The fourth-order valence-electron chi connectivity index (χ4n) is 2.73. The number of thioether (sulfide) groups is 1. The van der Waals surface area contributed by atoms with Crippen molar-refractivity contribution in [1.82, 2.24) is 4.90 Å². The van der Waals surface area contributed by atoms with Crippen molar-refractivity contribution >= 4 is 29.3 Å². The van der Waals surface area contributed by atoms with Gasteiger partial charge in [0.2, 0.25) is 11.8 Å². The van der Waals surface area contributed by atoms with Crippen molar-refractivity contribution in [3.8, 4) is 5.75 Å². The SMILES string of the molecule is O=C(CN1CSCC1=O)Nc1ccc(OC2CCCC2)cc1. The Kier molecular flexibility index (Phi) is 4.87. The number of anilines is 1. The maximum atomic E-state index is 11.9. The highest BCUT2D eigenvalue weighted by Gasteiger charge is 2.22. The van der Waals surface area contributed by atoms with E-state index in [2.05, 4.69) is 5.32 Å². The zero-order chi connectivity index (χ0) is 15.4. The van der Waals surface area contributed by atoms with Crippen LogP contribution in [-0.4, -0.2) is 41.0 Å². The second-order valence-corrected chi connectivity index (χ2v) is 6.62. The van der Waals surface area contributed by atoms with Crippen molar-refractivity contribution in [2.45, 2.75) is 31.8 Å². The van der Waals surface area contributed by atoms with Crippen LogP contribution in [-0.2, 0) is 9.59 Å². The Balaban J connectivity index is 1.49. The lowest BCUT2D eigenvalue weighted by Crippen LogP contribution is -2.34. The van der Waals surface area contributed by atoms with Crippen LogP contribution in [0.4, 0.5) is 5.69 Å². The van der Waals surface area contributed by atoms with Crippen LogP contribution >= 0.6 is 11.8 Å². The van der Waals surface area contributed by atoms with E-state index in [0.717, 1.165) is 24.3 Å². The number of hydrogen-bond donors (Lipinski definition) is 1. The zero-order valence-corrected chi connectivity index (χ0v) is 13.2. The molecule has 2 fully saturated rings. The van der Waals surface area contributed by atoms with Crippen molar-refractivity contribution in [3.63, 3.8) is 0 Å². The first-order valence-electron chi connectivity index (χ1n) is 7.63. The molecule has 118 valence electrons. The molecule has 1 aliphatic heterocycles. The molecule has 1 heterocycles. The fourth-order valence-corrected chi connectivity index (χ4v) is 3.63. The summed E-state index contributed by atoms with van der Waals surface area (Å²) in [5.41, 5.74) is 0.725. The monoisotopic (exact) mass is 320 g/mol. The zero-order valence-electron chi connectivity index (χ0n) is 12.4. The molecule has 1 aliphatic carbocycles. The summed E-state index contributed by atoms with van der Waals surface area (Å²) >= 11 is 1.54. The highest BCUT2D eigenvalue weighted by molar-refractivity contribution is 8.00. The number of hydrogen-bond acceptors (Lipinski definition) is 4. The summed E-state index contributed by atoms with van der Waals surface area (Å²) in [4.78, 5) is 25.0. The highest BCUT2D eigenvalue weighted by atomic mass is 32.2. The quantitative estimate of drug-likeness (QED) is 0.905. The van der Waals surface area contributed by atoms with Crippen LogP contribution in [0.25, 0.3) is 0 Å². The Morgan fingerprint density at radius 1 is 1.27 bits per heavy atom. The first-order valence-corrected chi connectivity index (χ1v) is 8.78. The standard InChI is InChI=1S/C16H20N2O3S/c19-15(9-18-11-22-10-16(18)20)17-12-5-7-14(8-6-12)21-13-3-1-2-4-13/h5-8,13H,1-4,9-11H2,(H,17,19). The molecule has 0 aromatic heterocycles. The van der Waals surface area contributed by atoms with Crippen LogP contribution in [0.5, 0.6) is 5.75 Å². The lowest BCUT2D eigenvalue weighted by Gasteiger charge is -2.15. The molecular weight excluding hydrogens is 300 g/mol. The van der Waals surface area contributed by atoms with E-state index in [1.54, 1.807) is 4.90 Å². The van der Waals surface area contributed by atoms with Crippen molar-refractivity contribution < 1.29 is 14.3 Å². The van der Waals surface area contributed by atoms with Crippen LogP contribution < -0.4 is 10.1 Å². The summed E-state index contributed by atoms with van der Waals surface area (Å²) in [6.45, 7) is 0.117. The first-order chi connectivity index (χ1) is 10.7. The van der Waals surface area contributed by atoms with E-state index < -0.39 is 0 Å². The Morgan fingerprint density at radius 3 is 2.64 bits per heavy atom. The van der Waals surface area contributed by atoms with Gasteiger partial charge < -0.3 is 15.0 Å². The minimum atomic E-state index is -0.166. The molecule has 1 aromatic carbocycles. The van der Waals surface area contributed by atoms with Crippen molar-refractivity contribution in [2.24, 2.45) is 0 Å². The molecule has 2 amide bonds. The van der Waals surface area contributed by atoms with Crippen LogP contribution in [0.1, 0.15) is 25.7 Å². The molecular formula is C16H20N2O3S. The third kappa shape index (κ3) is 3.94. The second kappa shape index (κ2) is 7.05. The van der Waals surface area contributed by atoms with E-state index in [1.165, 1.54) is 24.6 Å². The van der Waals surface area contributed by atoms with Crippen LogP contribution in [0, 0.1) is 0 Å². The number of rotatable bonds is 5. The lowest BCUT2D eigenvalue weighted by molar-refractivity contribution is -0.130. The van der Waals surface area contributed by atoms with E-state index in [4.69, 9.17) is 4.74 Å². The number of amides is 2. The summed E-state index contributed by atoms with van der Waals surface area (Å²) in [5, 5.41) is 2.81. The van der Waals surface area contributed by atoms with Gasteiger partial charge in [0.15, 0.2) is 0 Å². The number of nitrogens with zero attached hydrogens (tertiary/aromatic N) is 1. The molecule has 1 saturated heterocycles. The molecule has 0 atom stereocenters. The number of ether oxygens (including phenoxy) is 1. The predicted molar refractivity (Wildman–Crippen MR) is 87.0 cm³/mol. The van der Waals surface area contributed by atoms with E-state index in [-0.39, 0.29) is 18.4 Å². The normalized spacial score (nSPS) is 18.7. The number of carbonyl (C=O) groups is 2. The summed E-state index contributed by atoms with van der Waals surface area (Å²) < 4.78 is 5.89. The average molecular weight is 320 g/mol. The molecule has 1 aromatic rings. The molecule has 0 bridgehead atoms. The van der Waals surface area contributed by atoms with Gasteiger partial charge in [0, 0.05) is 5.69 Å². The van der Waals surface area contributed by atoms with E-state index in [0.29, 0.717) is 17.7 Å². The summed E-state index contributed by atoms with van der Waals surface area (Å²) in [7, 11) is 0. The van der Waals surface area contributed by atoms with Crippen molar-refractivity contribution in [1.29, 1.82) is 0 Å². The molecule has 5 nitrogen and oxygen atoms in total. The minimum absolute atomic E-state index is 0.0282. The van der Waals surface area contributed by atoms with Crippen molar-refractivity contribution in [3.05, 3.63) is 24.3 Å². The van der Waals surface area contributed by atoms with Gasteiger partial charge in [-0.3, -0.25) is 9.59 Å². The van der Waals surface area contributed by atoms with E-state index in [9.17, 15) is 9.59 Å². The second-order valence-electron chi connectivity index (χ2n) is 5.67. The summed E-state index contributed by atoms with van der Waals surface area (Å²) in [5.74, 6) is 1.78. The lowest BCUT2D eigenvalue weighted by atomic mass is 10.2. The van der Waals surface area contributed by atoms with Gasteiger partial charge in [0.1, 0.15) is 12.3 Å². The van der Waals surface area contributed by atoms with Gasteiger partial charge >= 0.3 is 0 Å². The molecule has 1 N–H and O–H groups in total. The average Bonchev–Trinajstić information content (AvgIpc) is 3.14. The molecule has 3 rings (SSSR count). The van der Waals surface area contributed by atoms with Gasteiger partial charge in [-0.15, -0.1) is 11.8 Å². The Bertz CT molecular complexity index is 541. The van der Waals surface area contributed by atoms with Crippen LogP contribution in [0.15, 0.2) is 24.3 Å². The molecule has 6 heteroatoms. The fraction of sp³-hybridized carbons (Fsp3) is 0.500. The smallest absolute Gasteiger partial charge is 0.244 e. The Labute approximate surface area is 134 Å². The maximum Gasteiger partial charge on any atom is 0.244 e. The van der Waals surface area contributed by atoms with Crippen LogP contribution in [0.2, 0.25) is 0 Å². The topological polar surface area (TPSA) is 58.6 Å². The van der Waals surface area contributed by atoms with Crippen LogP contribution in [0.3, 0.4) is 0 Å². The van der Waals surface area contributed by atoms with Gasteiger partial charge in [-0.2, -0.15) is 0 Å². The molecule has 1 saturated carbocycles. The maximum absolute atomic E-state index is 11.9. The molecule has 0 unspecified atom stereocenters. The van der Waals surface area contributed by atoms with Gasteiger partial charge in [-0.05, 0) is 49.9 Å². The third-order valence-corrected chi connectivity index (χ3v) is 4.85. The number of carbonyl (C=O) groups excluding carboxylic acids is 2. The summed E-state index contributed by atoms with van der Waals surface area (Å²) in [6.07, 6.45) is 5.07. The first kappa shape index (κ1) is 15.2. The minimum Gasteiger partial charge on any atom is -0.490 e. The Hall–Kier alpha value is -1.69. The van der Waals surface area contributed by atoms with Crippen molar-refractivity contribution in [2.75, 3.05) is 23.5 Å². The van der Waals surface area contributed by atoms with Gasteiger partial charge in [0.25, 0.3) is 0 Å². The Morgan fingerprint density at radius 2 is 2.00 bits per heavy atom. The summed E-state index contributed by atoms with van der Waals surface area (Å²) in [6, 6.07) is 7.43. The third-order valence-electron chi connectivity index (χ3n) is 3.90. The largest absolute Gasteiger partial charge is 0.490 e. The molecule has 0 spiro atoms. The predicted octanol–water partition coefficient (Wildman–Crippen LogP) is 2.48. The van der Waals surface area contributed by atoms with Gasteiger partial charge in [0.05, 0.1) is 17.7 Å². The van der Waals surface area contributed by atoms with Gasteiger partial charge in [-0.1, -0.05) is 0 Å². The number of benzene rings is 1. The highest BCUT2D eigenvalue weighted by Crippen LogP contribution is 2.25.